The summed E-state index contributed by atoms with van der Waals surface area (Å²) in [6.45, 7) is 4.31. The molecule has 0 spiro atoms. The van der Waals surface area contributed by atoms with Crippen LogP contribution in [-0.4, -0.2) is 22.1 Å². The molecule has 100 valence electrons. The molecule has 0 radical (unpaired) electrons. The van der Waals surface area contributed by atoms with E-state index in [1.54, 1.807) is 12.3 Å². The molecule has 0 aliphatic carbocycles. The summed E-state index contributed by atoms with van der Waals surface area (Å²) >= 11 is 0. The summed E-state index contributed by atoms with van der Waals surface area (Å²) in [4.78, 5) is 15.0. The number of aromatic nitrogens is 1. The molecule has 18 heavy (non-hydrogen) atoms. The van der Waals surface area contributed by atoms with E-state index in [1.807, 2.05) is 0 Å². The second-order valence-corrected chi connectivity index (χ2v) is 4.50. The van der Waals surface area contributed by atoms with Gasteiger partial charge in [0.2, 0.25) is 0 Å². The Kier molecular flexibility index (Phi) is 6.19. The Morgan fingerprint density at radius 3 is 2.78 bits per heavy atom. The molecule has 0 aliphatic rings. The molecule has 1 aromatic heterocycles. The zero-order valence-electron chi connectivity index (χ0n) is 11.1. The zero-order valence-corrected chi connectivity index (χ0v) is 11.1. The van der Waals surface area contributed by atoms with Crippen molar-refractivity contribution in [3.63, 3.8) is 0 Å². The molecule has 1 rings (SSSR count). The smallest absolute Gasteiger partial charge is 0.339 e. The lowest BCUT2D eigenvalue weighted by Gasteiger charge is -2.20. The molecule has 1 unspecified atom stereocenters. The SMILES string of the molecule is CCCCC(CCC)Nc1ccncc1C(=O)O. The molecular weight excluding hydrogens is 228 g/mol. The number of anilines is 1. The van der Waals surface area contributed by atoms with E-state index in [0.29, 0.717) is 11.7 Å². The van der Waals surface area contributed by atoms with E-state index in [1.165, 1.54) is 6.20 Å². The largest absolute Gasteiger partial charge is 0.478 e. The molecule has 0 saturated carbocycles. The molecule has 1 atom stereocenters. The maximum atomic E-state index is 11.1. The lowest BCUT2D eigenvalue weighted by Crippen LogP contribution is -2.21. The molecule has 0 saturated heterocycles. The molecule has 4 nitrogen and oxygen atoms in total. The van der Waals surface area contributed by atoms with Crippen molar-refractivity contribution in [2.24, 2.45) is 0 Å². The van der Waals surface area contributed by atoms with E-state index in [2.05, 4.69) is 24.1 Å². The number of aromatic carboxylic acids is 1. The molecule has 0 fully saturated rings. The Morgan fingerprint density at radius 2 is 2.17 bits per heavy atom. The van der Waals surface area contributed by atoms with Crippen molar-refractivity contribution < 1.29 is 9.90 Å². The van der Waals surface area contributed by atoms with E-state index in [9.17, 15) is 4.79 Å². The molecule has 0 aliphatic heterocycles. The van der Waals surface area contributed by atoms with Crippen molar-refractivity contribution in [1.82, 2.24) is 4.98 Å². The fourth-order valence-corrected chi connectivity index (χ4v) is 2.00. The average Bonchev–Trinajstić information content (AvgIpc) is 2.36. The third kappa shape index (κ3) is 4.35. The summed E-state index contributed by atoms with van der Waals surface area (Å²) < 4.78 is 0. The van der Waals surface area contributed by atoms with Crippen molar-refractivity contribution in [1.29, 1.82) is 0 Å². The van der Waals surface area contributed by atoms with Crippen LogP contribution in [0.4, 0.5) is 5.69 Å². The number of hydrogen-bond acceptors (Lipinski definition) is 3. The first kappa shape index (κ1) is 14.5. The second kappa shape index (κ2) is 7.69. The van der Waals surface area contributed by atoms with E-state index in [4.69, 9.17) is 5.11 Å². The number of rotatable bonds is 8. The number of nitrogens with zero attached hydrogens (tertiary/aromatic N) is 1. The highest BCUT2D eigenvalue weighted by atomic mass is 16.4. The summed E-state index contributed by atoms with van der Waals surface area (Å²) in [5, 5.41) is 12.4. The van der Waals surface area contributed by atoms with Crippen LogP contribution in [0.15, 0.2) is 18.5 Å². The minimum atomic E-state index is -0.934. The molecule has 2 N–H and O–H groups in total. The molecule has 0 aromatic carbocycles. The zero-order chi connectivity index (χ0) is 13.4. The standard InChI is InChI=1S/C14H22N2O2/c1-3-5-7-11(6-4-2)16-13-8-9-15-10-12(13)14(17)18/h8-11H,3-7H2,1-2H3,(H,15,16)(H,17,18). The van der Waals surface area contributed by atoms with E-state index in [0.717, 1.165) is 32.1 Å². The Hall–Kier alpha value is -1.58. The number of carboxylic acid groups (broad SMARTS) is 1. The third-order valence-corrected chi connectivity index (χ3v) is 2.95. The van der Waals surface area contributed by atoms with Crippen LogP contribution in [0.1, 0.15) is 56.3 Å². The summed E-state index contributed by atoms with van der Waals surface area (Å²) in [7, 11) is 0. The van der Waals surface area contributed by atoms with Crippen LogP contribution in [0.5, 0.6) is 0 Å². The van der Waals surface area contributed by atoms with Gasteiger partial charge in [-0.3, -0.25) is 4.98 Å². The van der Waals surface area contributed by atoms with Crippen LogP contribution >= 0.6 is 0 Å². The first-order chi connectivity index (χ1) is 8.69. The van der Waals surface area contributed by atoms with Crippen LogP contribution in [0, 0.1) is 0 Å². The minimum Gasteiger partial charge on any atom is -0.478 e. The normalized spacial score (nSPS) is 12.1. The summed E-state index contributed by atoms with van der Waals surface area (Å²) in [5.41, 5.74) is 0.919. The van der Waals surface area contributed by atoms with Crippen LogP contribution in [0.3, 0.4) is 0 Å². The molecule has 0 amide bonds. The number of carboxylic acids is 1. The molecule has 1 aromatic rings. The van der Waals surface area contributed by atoms with Gasteiger partial charge in [0.1, 0.15) is 5.56 Å². The lowest BCUT2D eigenvalue weighted by molar-refractivity contribution is 0.0697. The number of carbonyl (C=O) groups is 1. The van der Waals surface area contributed by atoms with E-state index in [-0.39, 0.29) is 5.56 Å². The monoisotopic (exact) mass is 250 g/mol. The maximum Gasteiger partial charge on any atom is 0.339 e. The van der Waals surface area contributed by atoms with Crippen LogP contribution in [0.25, 0.3) is 0 Å². The van der Waals surface area contributed by atoms with Gasteiger partial charge in [0.15, 0.2) is 0 Å². The quantitative estimate of drug-likeness (QED) is 0.740. The summed E-state index contributed by atoms with van der Waals surface area (Å²) in [6.07, 6.45) is 8.56. The number of hydrogen-bond donors (Lipinski definition) is 2. The van der Waals surface area contributed by atoms with Crippen LogP contribution in [0.2, 0.25) is 0 Å². The Morgan fingerprint density at radius 1 is 1.39 bits per heavy atom. The van der Waals surface area contributed by atoms with Crippen LogP contribution < -0.4 is 5.32 Å². The highest BCUT2D eigenvalue weighted by molar-refractivity contribution is 5.93. The average molecular weight is 250 g/mol. The predicted molar refractivity (Wildman–Crippen MR) is 73.0 cm³/mol. The van der Waals surface area contributed by atoms with Crippen molar-refractivity contribution in [2.75, 3.05) is 5.32 Å². The topological polar surface area (TPSA) is 62.2 Å². The van der Waals surface area contributed by atoms with Crippen molar-refractivity contribution >= 4 is 11.7 Å². The third-order valence-electron chi connectivity index (χ3n) is 2.95. The lowest BCUT2D eigenvalue weighted by atomic mass is 10.0. The van der Waals surface area contributed by atoms with Gasteiger partial charge in [-0.1, -0.05) is 33.1 Å². The van der Waals surface area contributed by atoms with Gasteiger partial charge < -0.3 is 10.4 Å². The van der Waals surface area contributed by atoms with Gasteiger partial charge in [0, 0.05) is 18.4 Å². The fourth-order valence-electron chi connectivity index (χ4n) is 2.00. The van der Waals surface area contributed by atoms with Crippen LogP contribution in [-0.2, 0) is 0 Å². The minimum absolute atomic E-state index is 0.245. The summed E-state index contributed by atoms with van der Waals surface area (Å²) in [5.74, 6) is -0.934. The Bertz CT molecular complexity index is 380. The molecule has 1 heterocycles. The Labute approximate surface area is 108 Å². The van der Waals surface area contributed by atoms with Gasteiger partial charge in [-0.25, -0.2) is 4.79 Å². The number of pyridine rings is 1. The highest BCUT2D eigenvalue weighted by Gasteiger charge is 2.13. The van der Waals surface area contributed by atoms with Gasteiger partial charge in [-0.15, -0.1) is 0 Å². The first-order valence-electron chi connectivity index (χ1n) is 6.62. The van der Waals surface area contributed by atoms with Gasteiger partial charge in [0.05, 0.1) is 5.69 Å². The maximum absolute atomic E-state index is 11.1. The van der Waals surface area contributed by atoms with E-state index < -0.39 is 5.97 Å². The van der Waals surface area contributed by atoms with Gasteiger partial charge >= 0.3 is 5.97 Å². The highest BCUT2D eigenvalue weighted by Crippen LogP contribution is 2.18. The van der Waals surface area contributed by atoms with Gasteiger partial charge in [0.25, 0.3) is 0 Å². The van der Waals surface area contributed by atoms with Crippen molar-refractivity contribution in [3.8, 4) is 0 Å². The molecular formula is C14H22N2O2. The van der Waals surface area contributed by atoms with E-state index >= 15 is 0 Å². The van der Waals surface area contributed by atoms with Crippen molar-refractivity contribution in [2.45, 2.75) is 52.0 Å². The number of nitrogens with one attached hydrogen (secondary N) is 1. The molecule has 4 heteroatoms. The Balaban J connectivity index is 2.76. The first-order valence-corrected chi connectivity index (χ1v) is 6.62. The van der Waals surface area contributed by atoms with Crippen molar-refractivity contribution in [3.05, 3.63) is 24.0 Å². The molecule has 0 bridgehead atoms. The predicted octanol–water partition coefficient (Wildman–Crippen LogP) is 3.55. The van der Waals surface area contributed by atoms with Gasteiger partial charge in [-0.2, -0.15) is 0 Å². The number of unbranched alkanes of at least 4 members (excludes halogenated alkanes) is 1. The summed E-state index contributed by atoms with van der Waals surface area (Å²) in [6, 6.07) is 2.08. The van der Waals surface area contributed by atoms with Gasteiger partial charge in [-0.05, 0) is 18.9 Å². The fraction of sp³-hybridized carbons (Fsp3) is 0.571. The second-order valence-electron chi connectivity index (χ2n) is 4.50.